The van der Waals surface area contributed by atoms with Gasteiger partial charge in [-0.3, -0.25) is 0 Å². The van der Waals surface area contributed by atoms with Gasteiger partial charge in [0.05, 0.1) is 60.4 Å². The summed E-state index contributed by atoms with van der Waals surface area (Å²) in [7, 11) is 7.96. The molecule has 2 saturated carbocycles. The Bertz CT molecular complexity index is 7280. The van der Waals surface area contributed by atoms with Gasteiger partial charge < -0.3 is 0 Å². The van der Waals surface area contributed by atoms with E-state index in [9.17, 15) is 35.1 Å². The first kappa shape index (κ1) is 82.4. The second kappa shape index (κ2) is 33.3. The van der Waals surface area contributed by atoms with Crippen LogP contribution in [-0.2, 0) is 51.4 Å². The van der Waals surface area contributed by atoms with Crippen molar-refractivity contribution in [2.75, 3.05) is 0 Å². The number of aryl methyl sites for hydroxylation is 4. The van der Waals surface area contributed by atoms with Crippen LogP contribution in [0.25, 0.3) is 131 Å². The quantitative estimate of drug-likeness (QED) is 0.0896. The molecular formula is C112H116F8N4+4. The lowest BCUT2D eigenvalue weighted by atomic mass is 9.82. The average Bonchev–Trinajstić information content (AvgIpc) is 0.895. The van der Waals surface area contributed by atoms with E-state index in [0.29, 0.717) is 72.7 Å². The van der Waals surface area contributed by atoms with Gasteiger partial charge in [-0.25, -0.2) is 8.78 Å². The Hall–Kier alpha value is -11.2. The lowest BCUT2D eigenvalue weighted by Gasteiger charge is -2.22. The number of rotatable bonds is 6. The van der Waals surface area contributed by atoms with Crippen molar-refractivity contribution in [2.45, 2.75) is 211 Å². The molecule has 4 heterocycles. The summed E-state index contributed by atoms with van der Waals surface area (Å²) in [6.45, 7) is 38.0. The molecule has 12 aromatic carbocycles. The number of hydrogen-bond donors (Lipinski definition) is 0. The average molecular weight is 1670 g/mol. The van der Waals surface area contributed by atoms with Crippen molar-refractivity contribution < 1.29 is 58.9 Å². The summed E-state index contributed by atoms with van der Waals surface area (Å²) in [6, 6.07) is 53.0. The van der Waals surface area contributed by atoms with E-state index in [4.69, 9.17) is 5.48 Å². The molecule has 2 fully saturated rings. The number of aromatic nitrogens is 4. The molecule has 0 unspecified atom stereocenters. The molecule has 636 valence electrons. The van der Waals surface area contributed by atoms with Crippen molar-refractivity contribution in [1.29, 1.82) is 0 Å². The molecule has 16 aromatic rings. The molecule has 0 atom stereocenters. The Kier molecular flexibility index (Phi) is 22.2. The van der Waals surface area contributed by atoms with Crippen LogP contribution < -0.4 is 18.3 Å². The Balaban J connectivity index is 0.000000131. The van der Waals surface area contributed by atoms with E-state index in [1.165, 1.54) is 160 Å². The summed E-state index contributed by atoms with van der Waals surface area (Å²) in [5, 5.41) is 11.5. The molecule has 0 aliphatic heterocycles. The molecule has 0 N–H and O–H groups in total. The fraction of sp³-hybridized carbons (Fsp3) is 0.321. The van der Waals surface area contributed by atoms with E-state index in [2.05, 4.69) is 162 Å². The van der Waals surface area contributed by atoms with Crippen molar-refractivity contribution in [2.24, 2.45) is 28.2 Å². The molecule has 12 heteroatoms. The van der Waals surface area contributed by atoms with Gasteiger partial charge >= 0.3 is 12.4 Å². The molecule has 4 nitrogen and oxygen atoms in total. The normalized spacial score (nSPS) is 14.2. The lowest BCUT2D eigenvalue weighted by Crippen LogP contribution is -2.35. The van der Waals surface area contributed by atoms with Crippen LogP contribution in [0.5, 0.6) is 0 Å². The van der Waals surface area contributed by atoms with E-state index in [1.807, 2.05) is 119 Å². The van der Waals surface area contributed by atoms with Crippen LogP contribution in [0.4, 0.5) is 35.1 Å². The highest BCUT2D eigenvalue weighted by Crippen LogP contribution is 2.46. The standard InChI is InChI=1S/C29H29F3N.C28H29F3N.C28H29FN.C27H29FN/c1-17-13-22(20-7-5-6-8-20)15-25(19(17)3)28-24-12-10-21-9-11-23(29(30,31)32)16-26(21)27(24)14-18(2)33(28)4;1-16-12-21(27(4,5)6)15-23(18(16)3)26-22-11-9-19-8-10-20(28(29,30)31)14-24(19)25(22)13-17(2)32(26)7;1-17-14-21(20-8-5-6-9-20)16-25(19(17)3)28-24-13-12-23-22(10-7-11-27(23)29)26(24)15-18(2)30(28)4;1-16-13-19(27(4,5)6)15-23(18(16)3)26-22-12-11-21-20(9-8-10-25(21)28)24(22)14-17(2)29(26)7/h9-16,20H,5-8H2,1-4H3;8-15H,1-7H3;7,10-16,20H,5-6,8-9H2,1-4H3;8-15H,1-7H3/q4*+1/i14D;13D;15D;14D. The summed E-state index contributed by atoms with van der Waals surface area (Å²) in [5.41, 5.74) is 25.4. The van der Waals surface area contributed by atoms with Crippen molar-refractivity contribution in [3.05, 3.63) is 306 Å². The van der Waals surface area contributed by atoms with Gasteiger partial charge in [-0.1, -0.05) is 152 Å². The number of halogens is 8. The summed E-state index contributed by atoms with van der Waals surface area (Å²) >= 11 is 0. The highest BCUT2D eigenvalue weighted by atomic mass is 19.4. The SMILES string of the molecule is [2H]c1c(C)[n+](C)c(-c2cc(C(C)(C)C)cc(C)c2C)c2ccc3c(F)cccc3c12.[2H]c1c(C)[n+](C)c(-c2cc(C(C)(C)C)cc(C)c2C)c2ccc3ccc(C(F)(F)F)cc3c12.[2H]c1c(C)[n+](C)c(-c2cc(C3CCCC3)cc(C)c2C)c2ccc3c(F)cccc3c12.[2H]c1c(C)[n+](C)c(-c2cc(C3CCCC3)cc(C)c2C)c2ccc3ccc(C(F)(F)F)cc3c12. The summed E-state index contributed by atoms with van der Waals surface area (Å²) in [5.74, 6) is 0.715. The van der Waals surface area contributed by atoms with Gasteiger partial charge in [-0.2, -0.15) is 44.6 Å². The number of benzene rings is 12. The van der Waals surface area contributed by atoms with Crippen LogP contribution in [0.3, 0.4) is 0 Å². The second-order valence-electron chi connectivity index (χ2n) is 37.4. The monoisotopic (exact) mass is 1670 g/mol. The highest BCUT2D eigenvalue weighted by Gasteiger charge is 2.35. The minimum Gasteiger partial charge on any atom is -0.206 e. The third-order valence-corrected chi connectivity index (χ3v) is 27.4. The topological polar surface area (TPSA) is 15.5 Å². The number of pyridine rings is 4. The maximum absolute atomic E-state index is 14.5. The summed E-state index contributed by atoms with van der Waals surface area (Å²) in [6.07, 6.45) is 1.20. The lowest BCUT2D eigenvalue weighted by molar-refractivity contribution is -0.665. The van der Waals surface area contributed by atoms with Crippen LogP contribution in [0.1, 0.15) is 211 Å². The van der Waals surface area contributed by atoms with Crippen molar-refractivity contribution in [3.63, 3.8) is 0 Å². The molecule has 0 amide bonds. The Morgan fingerprint density at radius 3 is 0.847 bits per heavy atom. The maximum Gasteiger partial charge on any atom is 0.416 e. The van der Waals surface area contributed by atoms with E-state index in [-0.39, 0.29) is 34.5 Å². The van der Waals surface area contributed by atoms with Crippen molar-refractivity contribution in [1.82, 2.24) is 0 Å². The largest absolute Gasteiger partial charge is 0.416 e. The van der Waals surface area contributed by atoms with Gasteiger partial charge in [0.15, 0.2) is 22.8 Å². The van der Waals surface area contributed by atoms with Gasteiger partial charge in [0, 0.05) is 84.2 Å². The van der Waals surface area contributed by atoms with Gasteiger partial charge in [0.2, 0.25) is 22.8 Å². The number of fused-ring (bicyclic) bond motifs is 12. The zero-order chi connectivity index (χ0) is 92.6. The molecular weight excluding hydrogens is 1550 g/mol. The van der Waals surface area contributed by atoms with Crippen LogP contribution in [-0.4, -0.2) is 0 Å². The Morgan fingerprint density at radius 1 is 0.282 bits per heavy atom. The molecule has 0 radical (unpaired) electrons. The van der Waals surface area contributed by atoms with Gasteiger partial charge in [0.25, 0.3) is 0 Å². The number of hydrogen-bond acceptors (Lipinski definition) is 0. The predicted molar refractivity (Wildman–Crippen MR) is 499 cm³/mol. The van der Waals surface area contributed by atoms with Crippen molar-refractivity contribution >= 4 is 86.2 Å². The Labute approximate surface area is 731 Å². The number of alkyl halides is 6. The third kappa shape index (κ3) is 16.5. The first-order valence-electron chi connectivity index (χ1n) is 45.5. The second-order valence-corrected chi connectivity index (χ2v) is 37.4. The summed E-state index contributed by atoms with van der Waals surface area (Å²) in [4.78, 5) is 0. The minimum atomic E-state index is -4.44. The zero-order valence-electron chi connectivity index (χ0n) is 79.8. The van der Waals surface area contributed by atoms with Gasteiger partial charge in [-0.05, 0) is 288 Å². The molecule has 18 rings (SSSR count). The smallest absolute Gasteiger partial charge is 0.206 e. The zero-order valence-corrected chi connectivity index (χ0v) is 75.8. The molecule has 0 bridgehead atoms. The van der Waals surface area contributed by atoms with Crippen LogP contribution in [0, 0.1) is 94.7 Å². The first-order chi connectivity index (χ1) is 60.2. The fourth-order valence-corrected chi connectivity index (χ4v) is 19.0. The van der Waals surface area contributed by atoms with Crippen LogP contribution >= 0.6 is 0 Å². The van der Waals surface area contributed by atoms with E-state index < -0.39 is 23.5 Å². The molecule has 124 heavy (non-hydrogen) atoms. The summed E-state index contributed by atoms with van der Waals surface area (Å²) < 4.78 is 154. The molecule has 0 spiro atoms. The Morgan fingerprint density at radius 2 is 0.548 bits per heavy atom. The van der Waals surface area contributed by atoms with E-state index in [1.54, 1.807) is 12.1 Å². The molecule has 2 aliphatic rings. The van der Waals surface area contributed by atoms with Crippen molar-refractivity contribution in [3.8, 4) is 45.0 Å². The third-order valence-electron chi connectivity index (χ3n) is 27.4. The van der Waals surface area contributed by atoms with Crippen LogP contribution in [0.15, 0.2) is 194 Å². The maximum atomic E-state index is 14.5. The molecule has 2 aliphatic carbocycles. The molecule has 4 aromatic heterocycles. The highest BCUT2D eigenvalue weighted by molar-refractivity contribution is 6.15. The molecule has 0 saturated heterocycles. The predicted octanol–water partition coefficient (Wildman–Crippen LogP) is 29.9. The van der Waals surface area contributed by atoms with E-state index >= 15 is 0 Å². The minimum absolute atomic E-state index is 0.0296. The van der Waals surface area contributed by atoms with E-state index in [0.717, 1.165) is 112 Å². The fourth-order valence-electron chi connectivity index (χ4n) is 19.0. The first-order valence-corrected chi connectivity index (χ1v) is 43.5. The van der Waals surface area contributed by atoms with Crippen LogP contribution in [0.2, 0.25) is 0 Å². The van der Waals surface area contributed by atoms with Gasteiger partial charge in [-0.15, -0.1) is 0 Å². The number of nitrogens with zero attached hydrogens (tertiary/aromatic N) is 4. The van der Waals surface area contributed by atoms with Gasteiger partial charge in [0.1, 0.15) is 39.8 Å².